The van der Waals surface area contributed by atoms with Crippen molar-refractivity contribution in [2.24, 2.45) is 0 Å². The Kier molecular flexibility index (Phi) is 6.29. The number of carbonyl (C=O) groups is 1. The highest BCUT2D eigenvalue weighted by Crippen LogP contribution is 2.25. The van der Waals surface area contributed by atoms with Gasteiger partial charge in [-0.2, -0.15) is 0 Å². The van der Waals surface area contributed by atoms with E-state index in [0.717, 1.165) is 12.5 Å². The number of hydrogen-bond donors (Lipinski definition) is 0. The van der Waals surface area contributed by atoms with Crippen LogP contribution in [-0.4, -0.2) is 62.7 Å². The molecule has 1 aromatic carbocycles. The van der Waals surface area contributed by atoms with Gasteiger partial charge in [0.2, 0.25) is 5.91 Å². The highest BCUT2D eigenvalue weighted by molar-refractivity contribution is 5.77. The molecule has 128 valence electrons. The fourth-order valence-corrected chi connectivity index (χ4v) is 2.73. The maximum atomic E-state index is 14.0. The molecule has 0 N–H and O–H groups in total. The third-order valence-corrected chi connectivity index (χ3v) is 3.96. The van der Waals surface area contributed by atoms with Gasteiger partial charge in [0.15, 0.2) is 11.6 Å². The van der Waals surface area contributed by atoms with Crippen molar-refractivity contribution in [1.29, 1.82) is 0 Å². The van der Waals surface area contributed by atoms with E-state index in [0.29, 0.717) is 31.9 Å². The maximum absolute atomic E-state index is 14.0. The number of nitrogens with zero attached hydrogens (tertiary/aromatic N) is 2. The number of halogens is 2. The number of amides is 1. The van der Waals surface area contributed by atoms with Crippen molar-refractivity contribution < 1.29 is 23.0 Å². The molecule has 0 spiro atoms. The number of ether oxygens (including phenoxy) is 2. The molecular formula is C16H22F2N2O3. The van der Waals surface area contributed by atoms with Gasteiger partial charge in [-0.1, -0.05) is 0 Å². The van der Waals surface area contributed by atoms with Crippen LogP contribution < -0.4 is 4.74 Å². The molecule has 7 heteroatoms. The summed E-state index contributed by atoms with van der Waals surface area (Å²) in [6.45, 7) is 2.79. The van der Waals surface area contributed by atoms with E-state index < -0.39 is 11.6 Å². The lowest BCUT2D eigenvalue weighted by atomic mass is 10.1. The number of carbonyl (C=O) groups excluding carboxylic acids is 1. The van der Waals surface area contributed by atoms with Crippen LogP contribution in [-0.2, 0) is 16.1 Å². The minimum absolute atomic E-state index is 0.0520. The fraction of sp³-hybridized carbons (Fsp3) is 0.562. The molecule has 1 saturated heterocycles. The quantitative estimate of drug-likeness (QED) is 0.824. The van der Waals surface area contributed by atoms with Gasteiger partial charge in [-0.25, -0.2) is 8.78 Å². The predicted octanol–water partition coefficient (Wildman–Crippen LogP) is 1.65. The van der Waals surface area contributed by atoms with E-state index in [1.807, 2.05) is 4.90 Å². The summed E-state index contributed by atoms with van der Waals surface area (Å²) in [5.74, 6) is -1.47. The average molecular weight is 328 g/mol. The normalized spacial score (nSPS) is 16.3. The van der Waals surface area contributed by atoms with Gasteiger partial charge in [0.25, 0.3) is 0 Å². The molecule has 2 rings (SSSR count). The van der Waals surface area contributed by atoms with Crippen LogP contribution in [0.25, 0.3) is 0 Å². The van der Waals surface area contributed by atoms with Crippen LogP contribution in [0.4, 0.5) is 8.78 Å². The second-order valence-electron chi connectivity index (χ2n) is 5.49. The summed E-state index contributed by atoms with van der Waals surface area (Å²) in [7, 11) is 2.92. The second kappa shape index (κ2) is 8.21. The van der Waals surface area contributed by atoms with E-state index in [9.17, 15) is 13.6 Å². The zero-order valence-corrected chi connectivity index (χ0v) is 13.5. The largest absolute Gasteiger partial charge is 0.496 e. The van der Waals surface area contributed by atoms with E-state index >= 15 is 0 Å². The number of rotatable bonds is 5. The Hall–Kier alpha value is -1.73. The van der Waals surface area contributed by atoms with Crippen LogP contribution >= 0.6 is 0 Å². The zero-order chi connectivity index (χ0) is 16.8. The molecule has 0 radical (unpaired) electrons. The molecule has 0 saturated carbocycles. The summed E-state index contributed by atoms with van der Waals surface area (Å²) < 4.78 is 37.5. The molecule has 0 aliphatic carbocycles. The van der Waals surface area contributed by atoms with Crippen LogP contribution in [0.3, 0.4) is 0 Å². The molecule has 0 atom stereocenters. The SMILES string of the molecule is COCC(=O)N1CCCN(Cc2c(OC)ccc(F)c2F)CC1. The maximum Gasteiger partial charge on any atom is 0.248 e. The highest BCUT2D eigenvalue weighted by Gasteiger charge is 2.22. The van der Waals surface area contributed by atoms with E-state index in [2.05, 4.69) is 0 Å². The minimum Gasteiger partial charge on any atom is -0.496 e. The summed E-state index contributed by atoms with van der Waals surface area (Å²) in [6.07, 6.45) is 0.773. The van der Waals surface area contributed by atoms with Gasteiger partial charge in [0.05, 0.1) is 7.11 Å². The molecule has 23 heavy (non-hydrogen) atoms. The number of benzene rings is 1. The first-order valence-electron chi connectivity index (χ1n) is 7.56. The molecule has 0 aromatic heterocycles. The van der Waals surface area contributed by atoms with Crippen molar-refractivity contribution in [2.75, 3.05) is 47.0 Å². The smallest absolute Gasteiger partial charge is 0.248 e. The molecule has 1 fully saturated rings. The van der Waals surface area contributed by atoms with Gasteiger partial charge in [-0.3, -0.25) is 9.69 Å². The molecule has 1 amide bonds. The van der Waals surface area contributed by atoms with Gasteiger partial charge in [-0.05, 0) is 18.6 Å². The lowest BCUT2D eigenvalue weighted by molar-refractivity contribution is -0.135. The highest BCUT2D eigenvalue weighted by atomic mass is 19.2. The van der Waals surface area contributed by atoms with Crippen molar-refractivity contribution in [1.82, 2.24) is 9.80 Å². The van der Waals surface area contributed by atoms with Crippen LogP contribution in [0.1, 0.15) is 12.0 Å². The van der Waals surface area contributed by atoms with E-state index in [1.54, 1.807) is 4.90 Å². The van der Waals surface area contributed by atoms with E-state index in [-0.39, 0.29) is 24.6 Å². The predicted molar refractivity (Wildman–Crippen MR) is 81.3 cm³/mol. The molecule has 0 unspecified atom stereocenters. The Balaban J connectivity index is 2.04. The van der Waals surface area contributed by atoms with Crippen molar-refractivity contribution in [3.05, 3.63) is 29.3 Å². The molecule has 1 aliphatic rings. The zero-order valence-electron chi connectivity index (χ0n) is 13.5. The van der Waals surface area contributed by atoms with Crippen LogP contribution in [0.5, 0.6) is 5.75 Å². The van der Waals surface area contributed by atoms with Gasteiger partial charge in [0.1, 0.15) is 12.4 Å². The first-order valence-corrected chi connectivity index (χ1v) is 7.56. The Morgan fingerprint density at radius 3 is 2.65 bits per heavy atom. The third kappa shape index (κ3) is 4.39. The third-order valence-electron chi connectivity index (χ3n) is 3.96. The molecule has 5 nitrogen and oxygen atoms in total. The molecule has 1 aromatic rings. The molecular weight excluding hydrogens is 306 g/mol. The van der Waals surface area contributed by atoms with Crippen molar-refractivity contribution in [3.8, 4) is 5.75 Å². The van der Waals surface area contributed by atoms with Gasteiger partial charge < -0.3 is 14.4 Å². The van der Waals surface area contributed by atoms with Crippen LogP contribution in [0.15, 0.2) is 12.1 Å². The Bertz CT molecular complexity index is 554. The van der Waals surface area contributed by atoms with Crippen LogP contribution in [0.2, 0.25) is 0 Å². The Morgan fingerprint density at radius 2 is 1.96 bits per heavy atom. The standard InChI is InChI=1S/C16H22F2N2O3/c1-22-11-15(21)20-7-3-6-19(8-9-20)10-12-14(23-2)5-4-13(17)16(12)18/h4-5H,3,6-11H2,1-2H3. The summed E-state index contributed by atoms with van der Waals surface area (Å²) in [5.41, 5.74) is 0.212. The van der Waals surface area contributed by atoms with Crippen molar-refractivity contribution in [3.63, 3.8) is 0 Å². The summed E-state index contributed by atoms with van der Waals surface area (Å²) in [4.78, 5) is 15.6. The van der Waals surface area contributed by atoms with Crippen LogP contribution in [0, 0.1) is 11.6 Å². The first-order chi connectivity index (χ1) is 11.1. The Morgan fingerprint density at radius 1 is 1.17 bits per heavy atom. The van der Waals surface area contributed by atoms with Crippen molar-refractivity contribution in [2.45, 2.75) is 13.0 Å². The Labute approximate surface area is 134 Å². The number of methoxy groups -OCH3 is 2. The lowest BCUT2D eigenvalue weighted by Crippen LogP contribution is -2.37. The first kappa shape index (κ1) is 17.6. The van der Waals surface area contributed by atoms with E-state index in [4.69, 9.17) is 9.47 Å². The summed E-state index contributed by atoms with van der Waals surface area (Å²) in [5, 5.41) is 0. The van der Waals surface area contributed by atoms with Gasteiger partial charge in [-0.15, -0.1) is 0 Å². The molecule has 1 heterocycles. The lowest BCUT2D eigenvalue weighted by Gasteiger charge is -2.23. The fourth-order valence-electron chi connectivity index (χ4n) is 2.73. The number of hydrogen-bond acceptors (Lipinski definition) is 4. The summed E-state index contributed by atoms with van der Waals surface area (Å²) >= 11 is 0. The van der Waals surface area contributed by atoms with Gasteiger partial charge >= 0.3 is 0 Å². The van der Waals surface area contributed by atoms with Crippen molar-refractivity contribution >= 4 is 5.91 Å². The summed E-state index contributed by atoms with van der Waals surface area (Å²) in [6, 6.07) is 2.49. The monoisotopic (exact) mass is 328 g/mol. The molecule has 0 bridgehead atoms. The topological polar surface area (TPSA) is 42.0 Å². The molecule has 1 aliphatic heterocycles. The minimum atomic E-state index is -0.882. The van der Waals surface area contributed by atoms with Gasteiger partial charge in [0, 0.05) is 45.4 Å². The second-order valence-corrected chi connectivity index (χ2v) is 5.49. The van der Waals surface area contributed by atoms with E-state index in [1.165, 1.54) is 20.3 Å². The average Bonchev–Trinajstić information content (AvgIpc) is 2.78.